The molecule has 4 saturated heterocycles. The maximum absolute atomic E-state index is 14.0. The highest BCUT2D eigenvalue weighted by atomic mass is 32.2. The lowest BCUT2D eigenvalue weighted by Crippen LogP contribution is -2.62. The van der Waals surface area contributed by atoms with Crippen molar-refractivity contribution >= 4 is 31.9 Å². The molecule has 2 aromatic heterocycles. The average Bonchev–Trinajstić information content (AvgIpc) is 3.95. The van der Waals surface area contributed by atoms with E-state index in [1.54, 1.807) is 29.0 Å². The first-order chi connectivity index (χ1) is 27.8. The Morgan fingerprint density at radius 1 is 0.793 bits per heavy atom. The standard InChI is InChI=1S/C38H56N6O12S2/c1-25-7-5-13-39-37(25)55-24-36(46)44-18-27(17-32(34(44)22-52-4)42-58(49,50)29-12-16-54-20-29)30-10-9-26(2)38(40-30)56-23-35(45)43-14-6-8-31(33(43)21-51-3)41-57(47,48)28-11-15-53-19-28/h5,7,9-10,13,27-29,31-34,41-42H,6,8,11-12,14-24H2,1-4H3/t27?,28?,29-,31?,32?,33-,34-/m0/s1. The van der Waals surface area contributed by atoms with Gasteiger partial charge in [0.1, 0.15) is 10.5 Å². The molecule has 2 amide bonds. The number of carbonyl (C=O) groups excluding carboxylic acids is 2. The highest BCUT2D eigenvalue weighted by Crippen LogP contribution is 2.33. The molecule has 2 aromatic rings. The van der Waals surface area contributed by atoms with Crippen molar-refractivity contribution < 1.29 is 54.8 Å². The van der Waals surface area contributed by atoms with E-state index >= 15 is 0 Å². The van der Waals surface area contributed by atoms with Crippen LogP contribution in [0.2, 0.25) is 0 Å². The summed E-state index contributed by atoms with van der Waals surface area (Å²) in [4.78, 5) is 40.0. The predicted molar refractivity (Wildman–Crippen MR) is 210 cm³/mol. The number of carbonyl (C=O) groups is 2. The summed E-state index contributed by atoms with van der Waals surface area (Å²) in [6, 6.07) is 4.70. The summed E-state index contributed by atoms with van der Waals surface area (Å²) < 4.78 is 92.9. The van der Waals surface area contributed by atoms with Gasteiger partial charge in [-0.1, -0.05) is 12.1 Å². The van der Waals surface area contributed by atoms with Crippen LogP contribution in [0, 0.1) is 13.8 Å². The molecule has 0 aromatic carbocycles. The average molecular weight is 853 g/mol. The summed E-state index contributed by atoms with van der Waals surface area (Å²) in [7, 11) is -4.53. The van der Waals surface area contributed by atoms with Gasteiger partial charge in [-0.15, -0.1) is 0 Å². The topological polar surface area (TPSA) is 214 Å². The Hall–Kier alpha value is -3.50. The van der Waals surface area contributed by atoms with Crippen molar-refractivity contribution in [3.63, 3.8) is 0 Å². The molecule has 7 atom stereocenters. The van der Waals surface area contributed by atoms with Gasteiger partial charge in [0.15, 0.2) is 13.2 Å². The Kier molecular flexibility index (Phi) is 15.0. The number of ether oxygens (including phenoxy) is 6. The number of likely N-dealkylation sites (tertiary alicyclic amines) is 2. The van der Waals surface area contributed by atoms with Crippen LogP contribution in [0.1, 0.15) is 54.8 Å². The smallest absolute Gasteiger partial charge is 0.260 e. The second-order valence-corrected chi connectivity index (χ2v) is 19.3. The van der Waals surface area contributed by atoms with Gasteiger partial charge in [0, 0.05) is 81.5 Å². The van der Waals surface area contributed by atoms with Crippen LogP contribution in [-0.2, 0) is 48.6 Å². The molecule has 0 aliphatic carbocycles. The molecule has 6 heterocycles. The van der Waals surface area contributed by atoms with Gasteiger partial charge in [0.05, 0.1) is 38.5 Å². The van der Waals surface area contributed by atoms with Crippen LogP contribution in [0.15, 0.2) is 30.5 Å². The van der Waals surface area contributed by atoms with E-state index in [0.717, 1.165) is 5.56 Å². The lowest BCUT2D eigenvalue weighted by atomic mass is 9.86. The van der Waals surface area contributed by atoms with Crippen molar-refractivity contribution in [2.24, 2.45) is 0 Å². The number of nitrogens with one attached hydrogen (secondary N) is 2. The molecule has 4 unspecified atom stereocenters. The van der Waals surface area contributed by atoms with Crippen LogP contribution in [0.25, 0.3) is 0 Å². The molecule has 0 saturated carbocycles. The van der Waals surface area contributed by atoms with Gasteiger partial charge in [-0.3, -0.25) is 9.59 Å². The third-order valence-electron chi connectivity index (χ3n) is 11.3. The van der Waals surface area contributed by atoms with E-state index in [1.807, 2.05) is 25.1 Å². The first-order valence-electron chi connectivity index (χ1n) is 19.7. The van der Waals surface area contributed by atoms with Gasteiger partial charge in [-0.2, -0.15) is 0 Å². The number of aryl methyl sites for hydroxylation is 2. The number of hydrogen-bond acceptors (Lipinski definition) is 14. The van der Waals surface area contributed by atoms with E-state index < -0.39 is 60.6 Å². The van der Waals surface area contributed by atoms with Crippen molar-refractivity contribution in [3.8, 4) is 11.8 Å². The van der Waals surface area contributed by atoms with E-state index in [-0.39, 0.29) is 70.3 Å². The molecule has 0 radical (unpaired) electrons. The zero-order valence-electron chi connectivity index (χ0n) is 33.5. The van der Waals surface area contributed by atoms with Crippen LogP contribution in [-0.4, -0.2) is 163 Å². The second-order valence-electron chi connectivity index (χ2n) is 15.3. The zero-order chi connectivity index (χ0) is 41.5. The molecular formula is C38H56N6O12S2. The van der Waals surface area contributed by atoms with Crippen molar-refractivity contribution in [1.29, 1.82) is 0 Å². The monoisotopic (exact) mass is 852 g/mol. The van der Waals surface area contributed by atoms with Crippen LogP contribution < -0.4 is 18.9 Å². The second kappa shape index (κ2) is 19.7. The van der Waals surface area contributed by atoms with Crippen molar-refractivity contribution in [2.45, 2.75) is 86.5 Å². The summed E-state index contributed by atoms with van der Waals surface area (Å²) in [5.41, 5.74) is 1.96. The van der Waals surface area contributed by atoms with Gasteiger partial charge >= 0.3 is 0 Å². The molecule has 18 nitrogen and oxygen atoms in total. The summed E-state index contributed by atoms with van der Waals surface area (Å²) in [5, 5.41) is -1.38. The SMILES string of the molecule is COC[C@H]1C(NS(=O)(=O)C2CCOC2)CCCN1C(=O)COc1nc(C2CC(NS(=O)(=O)[C@H]3CCOC3)[C@H](COC)N(C(=O)COc3ncccc3C)C2)ccc1C. The molecule has 4 aliphatic rings. The summed E-state index contributed by atoms with van der Waals surface area (Å²) in [6.45, 7) is 4.61. The number of rotatable bonds is 17. The van der Waals surface area contributed by atoms with E-state index in [4.69, 9.17) is 33.4 Å². The Labute approximate surface area is 340 Å². The van der Waals surface area contributed by atoms with Gasteiger partial charge in [0.25, 0.3) is 11.8 Å². The Morgan fingerprint density at radius 3 is 1.98 bits per heavy atom. The van der Waals surface area contributed by atoms with E-state index in [2.05, 4.69) is 14.4 Å². The fraction of sp³-hybridized carbons (Fsp3) is 0.684. The Balaban J connectivity index is 1.20. The quantitative estimate of drug-likeness (QED) is 0.224. The van der Waals surface area contributed by atoms with Crippen molar-refractivity contribution in [3.05, 3.63) is 47.3 Å². The van der Waals surface area contributed by atoms with Crippen molar-refractivity contribution in [2.75, 3.05) is 80.2 Å². The fourth-order valence-corrected chi connectivity index (χ4v) is 11.2. The first-order valence-corrected chi connectivity index (χ1v) is 22.8. The summed E-state index contributed by atoms with van der Waals surface area (Å²) in [5.74, 6) is -0.671. The summed E-state index contributed by atoms with van der Waals surface area (Å²) in [6.07, 6.45) is 3.75. The largest absolute Gasteiger partial charge is 0.467 e. The Morgan fingerprint density at radius 2 is 1.38 bits per heavy atom. The number of aromatic nitrogens is 2. The molecule has 6 rings (SSSR count). The fourth-order valence-electron chi connectivity index (χ4n) is 8.09. The van der Waals surface area contributed by atoms with Gasteiger partial charge in [-0.05, 0) is 58.1 Å². The maximum atomic E-state index is 14.0. The number of pyridine rings is 2. The normalized spacial score (nSPS) is 26.8. The maximum Gasteiger partial charge on any atom is 0.260 e. The first kappa shape index (κ1) is 44.1. The summed E-state index contributed by atoms with van der Waals surface area (Å²) >= 11 is 0. The third-order valence-corrected chi connectivity index (χ3v) is 15.1. The number of nitrogens with zero attached hydrogens (tertiary/aromatic N) is 4. The van der Waals surface area contributed by atoms with Crippen LogP contribution in [0.4, 0.5) is 0 Å². The molecule has 58 heavy (non-hydrogen) atoms. The minimum Gasteiger partial charge on any atom is -0.467 e. The highest BCUT2D eigenvalue weighted by Gasteiger charge is 2.44. The van der Waals surface area contributed by atoms with Crippen molar-refractivity contribution in [1.82, 2.24) is 29.2 Å². The molecular weight excluding hydrogens is 797 g/mol. The minimum absolute atomic E-state index is 0.0606. The molecule has 20 heteroatoms. The van der Waals surface area contributed by atoms with Gasteiger partial charge < -0.3 is 38.2 Å². The lowest BCUT2D eigenvalue weighted by molar-refractivity contribution is -0.140. The van der Waals surface area contributed by atoms with E-state index in [9.17, 15) is 26.4 Å². The Bertz CT molecular complexity index is 1940. The lowest BCUT2D eigenvalue weighted by Gasteiger charge is -2.44. The van der Waals surface area contributed by atoms with E-state index in [1.165, 1.54) is 14.2 Å². The zero-order valence-corrected chi connectivity index (χ0v) is 35.2. The number of piperidine rings is 2. The van der Waals surface area contributed by atoms with E-state index in [0.29, 0.717) is 62.6 Å². The van der Waals surface area contributed by atoms with Crippen LogP contribution in [0.3, 0.4) is 0 Å². The minimum atomic E-state index is -3.85. The number of amides is 2. The third kappa shape index (κ3) is 10.6. The molecule has 4 fully saturated rings. The highest BCUT2D eigenvalue weighted by molar-refractivity contribution is 7.90. The van der Waals surface area contributed by atoms with Gasteiger partial charge in [-0.25, -0.2) is 36.2 Å². The number of hydrogen-bond donors (Lipinski definition) is 2. The van der Waals surface area contributed by atoms with Crippen LogP contribution in [0.5, 0.6) is 11.8 Å². The number of sulfonamides is 2. The molecule has 322 valence electrons. The molecule has 0 bridgehead atoms. The molecule has 4 aliphatic heterocycles. The predicted octanol–water partition coefficient (Wildman–Crippen LogP) is 0.673. The van der Waals surface area contributed by atoms with Gasteiger partial charge in [0.2, 0.25) is 31.8 Å². The molecule has 0 spiro atoms. The number of methoxy groups -OCH3 is 2. The van der Waals surface area contributed by atoms with Crippen LogP contribution >= 0.6 is 0 Å². The molecule has 2 N–H and O–H groups in total.